The molecule has 0 N–H and O–H groups in total. The van der Waals surface area contributed by atoms with Crippen molar-refractivity contribution in [2.75, 3.05) is 0 Å². The summed E-state index contributed by atoms with van der Waals surface area (Å²) in [6.07, 6.45) is 0. The second kappa shape index (κ2) is 9.11. The minimum atomic E-state index is -2.98. The van der Waals surface area contributed by atoms with Crippen LogP contribution in [0.15, 0.2) is 133 Å². The Labute approximate surface area is 183 Å². The van der Waals surface area contributed by atoms with Crippen LogP contribution in [0, 0.1) is 0 Å². The highest BCUT2D eigenvalue weighted by Crippen LogP contribution is 2.52. The molecule has 0 fully saturated rings. The number of hydrogen-bond acceptors (Lipinski definition) is 2. The molecule has 0 aliphatic heterocycles. The quantitative estimate of drug-likeness (QED) is 0.360. The molecule has 0 atom stereocenters. The fourth-order valence-corrected chi connectivity index (χ4v) is 9.90. The summed E-state index contributed by atoms with van der Waals surface area (Å²) in [7, 11) is -2.98. The van der Waals surface area contributed by atoms with Gasteiger partial charge in [0.05, 0.1) is 0 Å². The molecule has 0 saturated heterocycles. The van der Waals surface area contributed by atoms with Gasteiger partial charge in [-0.15, -0.1) is 0 Å². The summed E-state index contributed by atoms with van der Waals surface area (Å²) in [5.41, 5.74) is 0. The molecule has 30 heavy (non-hydrogen) atoms. The largest absolute Gasteiger partial charge is 0.309 e. The van der Waals surface area contributed by atoms with Gasteiger partial charge >= 0.3 is 0 Å². The fourth-order valence-electron chi connectivity index (χ4n) is 3.43. The Kier molecular flexibility index (Phi) is 6.30. The standard InChI is InChI=1S/C26H22OP2S/c27-28(23-13-5-1-6-14-23,24-15-7-2-8-16-24)21-22-29(30,25-17-9-3-10-18-25)26-19-11-4-12-20-26/h1-22H/b22-21+. The highest BCUT2D eigenvalue weighted by Gasteiger charge is 2.26. The molecule has 0 bridgehead atoms. The van der Waals surface area contributed by atoms with E-state index in [9.17, 15) is 4.57 Å². The minimum Gasteiger partial charge on any atom is -0.309 e. The van der Waals surface area contributed by atoms with Crippen LogP contribution in [0.1, 0.15) is 0 Å². The molecule has 4 heteroatoms. The molecule has 0 radical (unpaired) electrons. The van der Waals surface area contributed by atoms with Gasteiger partial charge in [-0.2, -0.15) is 0 Å². The Hall–Kier alpha value is -2.50. The SMILES string of the molecule is O=P(/C=C/P(=S)(c1ccccc1)c1ccccc1)(c1ccccc1)c1ccccc1. The van der Waals surface area contributed by atoms with Gasteiger partial charge in [0.25, 0.3) is 0 Å². The van der Waals surface area contributed by atoms with E-state index in [1.54, 1.807) is 0 Å². The Morgan fingerprint density at radius 3 is 1.10 bits per heavy atom. The van der Waals surface area contributed by atoms with Gasteiger partial charge in [0, 0.05) is 16.6 Å². The van der Waals surface area contributed by atoms with Gasteiger partial charge in [-0.1, -0.05) is 133 Å². The average molecular weight is 444 g/mol. The molecule has 1 nitrogen and oxygen atoms in total. The Bertz CT molecular complexity index is 1040. The zero-order valence-corrected chi connectivity index (χ0v) is 19.0. The van der Waals surface area contributed by atoms with Gasteiger partial charge in [0.2, 0.25) is 0 Å². The van der Waals surface area contributed by atoms with Crippen LogP contribution in [0.4, 0.5) is 0 Å². The van der Waals surface area contributed by atoms with Crippen molar-refractivity contribution < 1.29 is 4.57 Å². The van der Waals surface area contributed by atoms with E-state index in [0.717, 1.165) is 21.2 Å². The third-order valence-corrected chi connectivity index (χ3v) is 12.3. The molecular formula is C26H22OP2S. The molecule has 0 amide bonds. The minimum absolute atomic E-state index is 0.815. The van der Waals surface area contributed by atoms with Gasteiger partial charge in [-0.25, -0.2) is 0 Å². The van der Waals surface area contributed by atoms with Gasteiger partial charge in [0.1, 0.15) is 0 Å². The summed E-state index contributed by atoms with van der Waals surface area (Å²) in [5.74, 6) is 3.94. The van der Waals surface area contributed by atoms with E-state index < -0.39 is 13.2 Å². The van der Waals surface area contributed by atoms with Crippen molar-refractivity contribution >= 4 is 46.2 Å². The first-order valence-electron chi connectivity index (χ1n) is 9.75. The van der Waals surface area contributed by atoms with Crippen LogP contribution >= 0.6 is 13.2 Å². The first-order valence-corrected chi connectivity index (χ1v) is 14.4. The third kappa shape index (κ3) is 4.18. The van der Waals surface area contributed by atoms with Gasteiger partial charge in [-0.3, -0.25) is 0 Å². The van der Waals surface area contributed by atoms with E-state index in [4.69, 9.17) is 11.8 Å². The highest BCUT2D eigenvalue weighted by atomic mass is 32.4. The normalized spacial score (nSPS) is 12.1. The van der Waals surface area contributed by atoms with Gasteiger partial charge < -0.3 is 4.57 Å². The molecule has 0 aliphatic carbocycles. The monoisotopic (exact) mass is 444 g/mol. The number of benzene rings is 4. The maximum Gasteiger partial charge on any atom is 0.164 e. The molecular weight excluding hydrogens is 422 g/mol. The van der Waals surface area contributed by atoms with Crippen molar-refractivity contribution in [2.24, 2.45) is 0 Å². The second-order valence-corrected chi connectivity index (χ2v) is 14.0. The predicted molar refractivity (Wildman–Crippen MR) is 135 cm³/mol. The van der Waals surface area contributed by atoms with Crippen molar-refractivity contribution in [1.82, 2.24) is 0 Å². The van der Waals surface area contributed by atoms with Crippen LogP contribution < -0.4 is 21.2 Å². The Morgan fingerprint density at radius 1 is 0.467 bits per heavy atom. The molecule has 0 aromatic heterocycles. The number of rotatable bonds is 6. The molecule has 0 unspecified atom stereocenters. The van der Waals surface area contributed by atoms with Crippen molar-refractivity contribution in [2.45, 2.75) is 0 Å². The Morgan fingerprint density at radius 2 is 0.767 bits per heavy atom. The number of hydrogen-bond donors (Lipinski definition) is 0. The maximum atomic E-state index is 14.4. The van der Waals surface area contributed by atoms with Crippen molar-refractivity contribution in [1.29, 1.82) is 0 Å². The summed E-state index contributed by atoms with van der Waals surface area (Å²) in [6.45, 7) is 0. The van der Waals surface area contributed by atoms with E-state index in [2.05, 4.69) is 24.3 Å². The van der Waals surface area contributed by atoms with Gasteiger partial charge in [0.15, 0.2) is 7.14 Å². The molecule has 4 aromatic carbocycles. The summed E-state index contributed by atoms with van der Waals surface area (Å²) in [5, 5.41) is 3.82. The topological polar surface area (TPSA) is 17.1 Å². The van der Waals surface area contributed by atoms with Crippen molar-refractivity contribution in [3.8, 4) is 0 Å². The predicted octanol–water partition coefficient (Wildman–Crippen LogP) is 5.60. The van der Waals surface area contributed by atoms with Crippen LogP contribution in [0.25, 0.3) is 0 Å². The molecule has 0 aliphatic rings. The summed E-state index contributed by atoms with van der Waals surface area (Å²) >= 11 is 6.31. The smallest absolute Gasteiger partial charge is 0.164 e. The van der Waals surface area contributed by atoms with Crippen LogP contribution in [-0.2, 0) is 16.4 Å². The van der Waals surface area contributed by atoms with Crippen LogP contribution in [-0.4, -0.2) is 0 Å². The fraction of sp³-hybridized carbons (Fsp3) is 0. The molecule has 4 aromatic rings. The van der Waals surface area contributed by atoms with E-state index in [0.29, 0.717) is 0 Å². The third-order valence-electron chi connectivity index (χ3n) is 5.05. The lowest BCUT2D eigenvalue weighted by atomic mass is 10.4. The second-order valence-electron chi connectivity index (χ2n) is 6.96. The van der Waals surface area contributed by atoms with E-state index >= 15 is 0 Å². The Balaban J connectivity index is 1.90. The molecule has 0 spiro atoms. The van der Waals surface area contributed by atoms with Crippen LogP contribution in [0.3, 0.4) is 0 Å². The van der Waals surface area contributed by atoms with E-state index in [1.165, 1.54) is 0 Å². The van der Waals surface area contributed by atoms with Crippen molar-refractivity contribution in [3.05, 3.63) is 133 Å². The van der Waals surface area contributed by atoms with Crippen LogP contribution in [0.5, 0.6) is 0 Å². The average Bonchev–Trinajstić information content (AvgIpc) is 2.84. The molecule has 148 valence electrons. The van der Waals surface area contributed by atoms with Crippen LogP contribution in [0.2, 0.25) is 0 Å². The lowest BCUT2D eigenvalue weighted by Crippen LogP contribution is -2.16. The van der Waals surface area contributed by atoms with E-state index in [-0.39, 0.29) is 0 Å². The first kappa shape index (κ1) is 20.8. The zero-order valence-electron chi connectivity index (χ0n) is 16.4. The lowest BCUT2D eigenvalue weighted by Gasteiger charge is -2.21. The van der Waals surface area contributed by atoms with Crippen molar-refractivity contribution in [3.63, 3.8) is 0 Å². The molecule has 0 heterocycles. The zero-order chi connectivity index (χ0) is 20.9. The van der Waals surface area contributed by atoms with Gasteiger partial charge in [-0.05, 0) is 22.2 Å². The summed E-state index contributed by atoms with van der Waals surface area (Å²) in [4.78, 5) is 0. The molecule has 4 rings (SSSR count). The maximum absolute atomic E-state index is 14.4. The van der Waals surface area contributed by atoms with E-state index in [1.807, 2.05) is 109 Å². The molecule has 0 saturated carbocycles. The first-order chi connectivity index (χ1) is 14.6. The summed E-state index contributed by atoms with van der Waals surface area (Å²) in [6, 6.07) is 37.5. The lowest BCUT2D eigenvalue weighted by molar-refractivity contribution is 0.592. The summed E-state index contributed by atoms with van der Waals surface area (Å²) < 4.78 is 14.4. The highest BCUT2D eigenvalue weighted by molar-refractivity contribution is 8.23.